The average Bonchev–Trinajstić information content (AvgIpc) is 2.85. The molecular formula is C26H35N3O6S. The number of ether oxygens (including phenoxy) is 2. The van der Waals surface area contributed by atoms with Gasteiger partial charge in [0, 0.05) is 19.2 Å². The largest absolute Gasteiger partial charge is 0.486 e. The summed E-state index contributed by atoms with van der Waals surface area (Å²) >= 11 is 0. The highest BCUT2D eigenvalue weighted by molar-refractivity contribution is 7.92. The molecule has 0 fully saturated rings. The summed E-state index contributed by atoms with van der Waals surface area (Å²) < 4.78 is 37.7. The summed E-state index contributed by atoms with van der Waals surface area (Å²) in [4.78, 5) is 28.0. The predicted octanol–water partition coefficient (Wildman–Crippen LogP) is 2.87. The Bertz CT molecular complexity index is 1180. The van der Waals surface area contributed by atoms with E-state index in [1.54, 1.807) is 25.1 Å². The number of sulfonamides is 1. The van der Waals surface area contributed by atoms with Crippen LogP contribution in [0.2, 0.25) is 0 Å². The molecule has 1 unspecified atom stereocenters. The first-order valence-electron chi connectivity index (χ1n) is 12.1. The Kier molecular flexibility index (Phi) is 9.19. The Morgan fingerprint density at radius 2 is 1.78 bits per heavy atom. The van der Waals surface area contributed by atoms with Crippen molar-refractivity contribution in [2.75, 3.05) is 36.9 Å². The highest BCUT2D eigenvalue weighted by atomic mass is 32.2. The van der Waals surface area contributed by atoms with Crippen molar-refractivity contribution < 1.29 is 27.5 Å². The first-order valence-corrected chi connectivity index (χ1v) is 14.0. The van der Waals surface area contributed by atoms with Gasteiger partial charge >= 0.3 is 0 Å². The molecule has 2 aromatic rings. The second kappa shape index (κ2) is 12.1. The molecule has 2 aromatic carbocycles. The molecule has 1 aliphatic rings. The lowest BCUT2D eigenvalue weighted by atomic mass is 10.1. The van der Waals surface area contributed by atoms with Crippen LogP contribution in [-0.2, 0) is 26.2 Å². The van der Waals surface area contributed by atoms with Crippen LogP contribution >= 0.6 is 0 Å². The molecule has 1 atom stereocenters. The molecule has 0 spiro atoms. The maximum absolute atomic E-state index is 13.6. The zero-order valence-electron chi connectivity index (χ0n) is 21.3. The van der Waals surface area contributed by atoms with Crippen LogP contribution < -0.4 is 19.1 Å². The maximum atomic E-state index is 13.6. The van der Waals surface area contributed by atoms with Gasteiger partial charge in [-0.15, -0.1) is 0 Å². The molecule has 1 N–H and O–H groups in total. The van der Waals surface area contributed by atoms with E-state index in [0.717, 1.165) is 34.5 Å². The van der Waals surface area contributed by atoms with E-state index in [-0.39, 0.29) is 18.1 Å². The number of nitrogens with one attached hydrogen (secondary N) is 1. The number of hydrogen-bond donors (Lipinski definition) is 1. The van der Waals surface area contributed by atoms with Crippen LogP contribution in [0.3, 0.4) is 0 Å². The van der Waals surface area contributed by atoms with E-state index in [4.69, 9.17) is 9.47 Å². The molecule has 2 amide bonds. The summed E-state index contributed by atoms with van der Waals surface area (Å²) in [5.74, 6) is 0.163. The number of hydrogen-bond acceptors (Lipinski definition) is 6. The van der Waals surface area contributed by atoms with Crippen LogP contribution in [0.25, 0.3) is 0 Å². The molecule has 0 radical (unpaired) electrons. The summed E-state index contributed by atoms with van der Waals surface area (Å²) in [6.07, 6.45) is 2.80. The first-order chi connectivity index (χ1) is 17.1. The molecule has 0 aromatic heterocycles. The number of unbranched alkanes of at least 4 members (excludes halogenated alkanes) is 1. The Hall–Kier alpha value is -3.27. The van der Waals surface area contributed by atoms with Gasteiger partial charge in [0.1, 0.15) is 25.8 Å². The van der Waals surface area contributed by atoms with Gasteiger partial charge in [-0.05, 0) is 43.5 Å². The molecule has 3 rings (SSSR count). The monoisotopic (exact) mass is 517 g/mol. The second-order valence-electron chi connectivity index (χ2n) is 8.87. The minimum atomic E-state index is -3.83. The summed E-state index contributed by atoms with van der Waals surface area (Å²) in [7, 11) is -3.83. The van der Waals surface area contributed by atoms with Crippen LogP contribution in [0.5, 0.6) is 11.5 Å². The minimum absolute atomic E-state index is 0.173. The van der Waals surface area contributed by atoms with Crippen LogP contribution in [0.4, 0.5) is 5.69 Å². The Morgan fingerprint density at radius 3 is 2.44 bits per heavy atom. The number of fused-ring (bicyclic) bond motifs is 1. The fourth-order valence-electron chi connectivity index (χ4n) is 3.89. The number of benzene rings is 2. The van der Waals surface area contributed by atoms with Crippen molar-refractivity contribution in [3.8, 4) is 11.5 Å². The highest BCUT2D eigenvalue weighted by Gasteiger charge is 2.30. The number of amides is 2. The molecule has 0 aliphatic carbocycles. The SMILES string of the molecule is CCCCNC(=O)C(C)N(Cc1ccccc1C)C(=O)CN(c1ccc2c(c1)OCCO2)S(C)(=O)=O. The summed E-state index contributed by atoms with van der Waals surface area (Å²) in [6, 6.07) is 11.6. The molecule has 36 heavy (non-hydrogen) atoms. The molecule has 1 aliphatic heterocycles. The van der Waals surface area contributed by atoms with Gasteiger partial charge in [0.15, 0.2) is 11.5 Å². The fourth-order valence-corrected chi connectivity index (χ4v) is 4.73. The summed E-state index contributed by atoms with van der Waals surface area (Å²) in [5, 5.41) is 2.87. The van der Waals surface area contributed by atoms with Crippen molar-refractivity contribution in [3.05, 3.63) is 53.6 Å². The molecule has 9 nitrogen and oxygen atoms in total. The number of anilines is 1. The van der Waals surface area contributed by atoms with Gasteiger partial charge in [0.25, 0.3) is 0 Å². The third-order valence-corrected chi connectivity index (χ3v) is 7.23. The van der Waals surface area contributed by atoms with Crippen LogP contribution in [0.15, 0.2) is 42.5 Å². The van der Waals surface area contributed by atoms with Crippen molar-refractivity contribution >= 4 is 27.5 Å². The Balaban J connectivity index is 1.90. The van der Waals surface area contributed by atoms with E-state index >= 15 is 0 Å². The van der Waals surface area contributed by atoms with Crippen molar-refractivity contribution in [2.24, 2.45) is 0 Å². The molecular weight excluding hydrogens is 482 g/mol. The molecule has 0 saturated heterocycles. The van der Waals surface area contributed by atoms with E-state index in [1.165, 1.54) is 4.90 Å². The van der Waals surface area contributed by atoms with Crippen molar-refractivity contribution in [1.29, 1.82) is 0 Å². The molecule has 1 heterocycles. The van der Waals surface area contributed by atoms with E-state index in [9.17, 15) is 18.0 Å². The Labute approximate surface area is 213 Å². The van der Waals surface area contributed by atoms with Crippen molar-refractivity contribution in [2.45, 2.75) is 46.2 Å². The van der Waals surface area contributed by atoms with Gasteiger partial charge < -0.3 is 19.7 Å². The van der Waals surface area contributed by atoms with Crippen molar-refractivity contribution in [3.63, 3.8) is 0 Å². The number of rotatable bonds is 11. The van der Waals surface area contributed by atoms with E-state index < -0.39 is 28.5 Å². The van der Waals surface area contributed by atoms with Gasteiger partial charge in [0.05, 0.1) is 11.9 Å². The number of aryl methyl sites for hydroxylation is 1. The second-order valence-corrected chi connectivity index (χ2v) is 10.8. The first kappa shape index (κ1) is 27.3. The van der Waals surface area contributed by atoms with Crippen LogP contribution in [0.1, 0.15) is 37.8 Å². The predicted molar refractivity (Wildman–Crippen MR) is 139 cm³/mol. The zero-order valence-corrected chi connectivity index (χ0v) is 22.1. The van der Waals surface area contributed by atoms with Gasteiger partial charge in [-0.1, -0.05) is 37.6 Å². The van der Waals surface area contributed by atoms with Gasteiger partial charge in [-0.3, -0.25) is 13.9 Å². The van der Waals surface area contributed by atoms with Gasteiger partial charge in [0.2, 0.25) is 21.8 Å². The lowest BCUT2D eigenvalue weighted by molar-refractivity contribution is -0.139. The molecule has 10 heteroatoms. The average molecular weight is 518 g/mol. The summed E-state index contributed by atoms with van der Waals surface area (Å²) in [6.45, 7) is 6.60. The number of nitrogens with zero attached hydrogens (tertiary/aromatic N) is 2. The lowest BCUT2D eigenvalue weighted by Gasteiger charge is -2.32. The lowest BCUT2D eigenvalue weighted by Crippen LogP contribution is -2.51. The highest BCUT2D eigenvalue weighted by Crippen LogP contribution is 2.34. The smallest absolute Gasteiger partial charge is 0.244 e. The topological polar surface area (TPSA) is 105 Å². The molecule has 0 saturated carbocycles. The zero-order chi connectivity index (χ0) is 26.3. The quantitative estimate of drug-likeness (QED) is 0.460. The van der Waals surface area contributed by atoms with Gasteiger partial charge in [-0.2, -0.15) is 0 Å². The number of carbonyl (C=O) groups excluding carboxylic acids is 2. The fraction of sp³-hybridized carbons (Fsp3) is 0.462. The van der Waals surface area contributed by atoms with E-state index in [0.29, 0.717) is 31.3 Å². The maximum Gasteiger partial charge on any atom is 0.244 e. The van der Waals surface area contributed by atoms with Crippen LogP contribution in [-0.4, -0.2) is 63.7 Å². The van der Waals surface area contributed by atoms with E-state index in [2.05, 4.69) is 5.32 Å². The molecule has 0 bridgehead atoms. The minimum Gasteiger partial charge on any atom is -0.486 e. The number of carbonyl (C=O) groups is 2. The Morgan fingerprint density at radius 1 is 1.08 bits per heavy atom. The van der Waals surface area contributed by atoms with Crippen LogP contribution in [0, 0.1) is 6.92 Å². The standard InChI is InChI=1S/C26H35N3O6S/c1-5-6-13-27-26(31)20(3)28(17-21-10-8-7-9-19(21)2)25(30)18-29(36(4,32)33)22-11-12-23-24(16-22)35-15-14-34-23/h7-12,16,20H,5-6,13-15,17-18H2,1-4H3,(H,27,31). The third kappa shape index (κ3) is 6.90. The normalized spacial score (nSPS) is 13.6. The van der Waals surface area contributed by atoms with Crippen molar-refractivity contribution in [1.82, 2.24) is 10.2 Å². The third-order valence-electron chi connectivity index (χ3n) is 6.09. The molecule has 196 valence electrons. The summed E-state index contributed by atoms with van der Waals surface area (Å²) in [5.41, 5.74) is 2.14. The van der Waals surface area contributed by atoms with Gasteiger partial charge in [-0.25, -0.2) is 8.42 Å². The van der Waals surface area contributed by atoms with E-state index in [1.807, 2.05) is 38.1 Å².